The highest BCUT2D eigenvalue weighted by molar-refractivity contribution is 8.00. The largest absolute Gasteiger partial charge is 0.384 e. The van der Waals surface area contributed by atoms with Gasteiger partial charge in [-0.2, -0.15) is 0 Å². The average Bonchev–Trinajstić information content (AvgIpc) is 2.20. The lowest BCUT2D eigenvalue weighted by Gasteiger charge is -2.30. The molecule has 2 unspecified atom stereocenters. The summed E-state index contributed by atoms with van der Waals surface area (Å²) in [5.74, 6) is 2.33. The SMILES string of the molecule is CC1CC(C)CC(Sc2ccc(N)nc2)C1. The Morgan fingerprint density at radius 1 is 1.19 bits per heavy atom. The lowest BCUT2D eigenvalue weighted by atomic mass is 9.83. The molecule has 2 nitrogen and oxygen atoms in total. The molecule has 0 bridgehead atoms. The molecule has 1 aromatic rings. The van der Waals surface area contributed by atoms with E-state index in [1.54, 1.807) is 0 Å². The van der Waals surface area contributed by atoms with Crippen molar-refractivity contribution >= 4 is 17.6 Å². The molecule has 1 saturated carbocycles. The van der Waals surface area contributed by atoms with E-state index >= 15 is 0 Å². The van der Waals surface area contributed by atoms with Gasteiger partial charge >= 0.3 is 0 Å². The number of nitrogens with two attached hydrogens (primary N) is 1. The first kappa shape index (κ1) is 11.8. The standard InChI is InChI=1S/C13H20N2S/c1-9-5-10(2)7-12(6-9)16-11-3-4-13(14)15-8-11/h3-4,8-10,12H,5-7H2,1-2H3,(H2,14,15). The summed E-state index contributed by atoms with van der Waals surface area (Å²) in [6, 6.07) is 3.97. The van der Waals surface area contributed by atoms with Gasteiger partial charge in [-0.15, -0.1) is 11.8 Å². The Morgan fingerprint density at radius 3 is 2.44 bits per heavy atom. The second kappa shape index (κ2) is 5.09. The van der Waals surface area contributed by atoms with Crippen LogP contribution in [-0.2, 0) is 0 Å². The first-order valence-electron chi connectivity index (χ1n) is 6.01. The highest BCUT2D eigenvalue weighted by Crippen LogP contribution is 2.38. The van der Waals surface area contributed by atoms with Crippen molar-refractivity contribution in [2.24, 2.45) is 11.8 Å². The van der Waals surface area contributed by atoms with Crippen molar-refractivity contribution in [1.29, 1.82) is 0 Å². The number of hydrogen-bond acceptors (Lipinski definition) is 3. The van der Waals surface area contributed by atoms with Gasteiger partial charge in [0, 0.05) is 16.3 Å². The fourth-order valence-corrected chi connectivity index (χ4v) is 4.12. The molecule has 2 rings (SSSR count). The molecule has 0 amide bonds. The fraction of sp³-hybridized carbons (Fsp3) is 0.615. The van der Waals surface area contributed by atoms with Gasteiger partial charge in [-0.25, -0.2) is 4.98 Å². The first-order chi connectivity index (χ1) is 7.63. The Hall–Kier alpha value is -0.700. The predicted octanol–water partition coefficient (Wildman–Crippen LogP) is 3.58. The van der Waals surface area contributed by atoms with E-state index in [1.165, 1.54) is 24.2 Å². The molecule has 0 saturated heterocycles. The molecule has 0 aliphatic heterocycles. The van der Waals surface area contributed by atoms with Crippen molar-refractivity contribution < 1.29 is 0 Å². The van der Waals surface area contributed by atoms with Crippen LogP contribution in [0.15, 0.2) is 23.2 Å². The summed E-state index contributed by atoms with van der Waals surface area (Å²) in [4.78, 5) is 5.39. The van der Waals surface area contributed by atoms with Gasteiger partial charge in [-0.3, -0.25) is 0 Å². The van der Waals surface area contributed by atoms with Gasteiger partial charge in [0.2, 0.25) is 0 Å². The van der Waals surface area contributed by atoms with Gasteiger partial charge in [-0.1, -0.05) is 13.8 Å². The van der Waals surface area contributed by atoms with Crippen molar-refractivity contribution in [1.82, 2.24) is 4.98 Å². The summed E-state index contributed by atoms with van der Waals surface area (Å²) >= 11 is 1.96. The number of anilines is 1. The smallest absolute Gasteiger partial charge is 0.123 e. The maximum Gasteiger partial charge on any atom is 0.123 e. The Labute approximate surface area is 102 Å². The third-order valence-electron chi connectivity index (χ3n) is 3.20. The summed E-state index contributed by atoms with van der Waals surface area (Å²) < 4.78 is 0. The second-order valence-corrected chi connectivity index (χ2v) is 6.45. The number of hydrogen-bond donors (Lipinski definition) is 1. The van der Waals surface area contributed by atoms with Crippen LogP contribution in [0.2, 0.25) is 0 Å². The van der Waals surface area contributed by atoms with Crippen LogP contribution in [0, 0.1) is 11.8 Å². The zero-order valence-electron chi connectivity index (χ0n) is 10.0. The van der Waals surface area contributed by atoms with Crippen LogP contribution in [0.25, 0.3) is 0 Å². The summed E-state index contributed by atoms with van der Waals surface area (Å²) in [5, 5.41) is 0.754. The zero-order chi connectivity index (χ0) is 11.5. The minimum atomic E-state index is 0.606. The average molecular weight is 236 g/mol. The number of pyridine rings is 1. The number of nitrogen functional groups attached to an aromatic ring is 1. The predicted molar refractivity (Wildman–Crippen MR) is 70.5 cm³/mol. The summed E-state index contributed by atoms with van der Waals surface area (Å²) in [6.07, 6.45) is 5.94. The highest BCUT2D eigenvalue weighted by atomic mass is 32.2. The van der Waals surface area contributed by atoms with Gasteiger partial charge in [0.05, 0.1) is 0 Å². The Bertz CT molecular complexity index is 326. The van der Waals surface area contributed by atoms with Gasteiger partial charge in [0.1, 0.15) is 5.82 Å². The van der Waals surface area contributed by atoms with Crippen LogP contribution >= 0.6 is 11.8 Å². The van der Waals surface area contributed by atoms with Crippen molar-refractivity contribution in [3.8, 4) is 0 Å². The van der Waals surface area contributed by atoms with Gasteiger partial charge in [0.15, 0.2) is 0 Å². The lowest BCUT2D eigenvalue weighted by molar-refractivity contribution is 0.309. The molecular formula is C13H20N2S. The Kier molecular flexibility index (Phi) is 3.74. The molecule has 0 radical (unpaired) electrons. The minimum Gasteiger partial charge on any atom is -0.384 e. The summed E-state index contributed by atoms with van der Waals surface area (Å²) in [6.45, 7) is 4.73. The first-order valence-corrected chi connectivity index (χ1v) is 6.89. The molecule has 1 aromatic heterocycles. The highest BCUT2D eigenvalue weighted by Gasteiger charge is 2.24. The topological polar surface area (TPSA) is 38.9 Å². The summed E-state index contributed by atoms with van der Waals surface area (Å²) in [5.41, 5.74) is 5.58. The molecule has 1 fully saturated rings. The van der Waals surface area contributed by atoms with E-state index in [2.05, 4.69) is 24.9 Å². The zero-order valence-corrected chi connectivity index (χ0v) is 10.8. The molecule has 0 aromatic carbocycles. The van der Waals surface area contributed by atoms with E-state index in [9.17, 15) is 0 Å². The lowest BCUT2D eigenvalue weighted by Crippen LogP contribution is -2.21. The van der Waals surface area contributed by atoms with Crippen molar-refractivity contribution in [3.63, 3.8) is 0 Å². The van der Waals surface area contributed by atoms with Gasteiger partial charge in [0.25, 0.3) is 0 Å². The van der Waals surface area contributed by atoms with E-state index in [4.69, 9.17) is 5.73 Å². The molecule has 2 atom stereocenters. The number of nitrogens with zero attached hydrogens (tertiary/aromatic N) is 1. The third-order valence-corrected chi connectivity index (χ3v) is 4.43. The number of rotatable bonds is 2. The van der Waals surface area contributed by atoms with Crippen LogP contribution in [0.5, 0.6) is 0 Å². The quantitative estimate of drug-likeness (QED) is 0.853. The molecule has 0 spiro atoms. The maximum absolute atomic E-state index is 5.58. The number of thioether (sulfide) groups is 1. The van der Waals surface area contributed by atoms with Crippen molar-refractivity contribution in [3.05, 3.63) is 18.3 Å². The second-order valence-electron chi connectivity index (χ2n) is 5.08. The van der Waals surface area contributed by atoms with Crippen LogP contribution in [-0.4, -0.2) is 10.2 Å². The monoisotopic (exact) mass is 236 g/mol. The van der Waals surface area contributed by atoms with Gasteiger partial charge in [-0.05, 0) is 43.2 Å². The fourth-order valence-electron chi connectivity index (χ4n) is 2.62. The van der Waals surface area contributed by atoms with Crippen LogP contribution in [0.3, 0.4) is 0 Å². The Balaban J connectivity index is 1.96. The van der Waals surface area contributed by atoms with Crippen LogP contribution in [0.1, 0.15) is 33.1 Å². The molecule has 1 aliphatic rings. The third kappa shape index (κ3) is 3.14. The molecule has 1 aliphatic carbocycles. The molecular weight excluding hydrogens is 216 g/mol. The molecule has 3 heteroatoms. The summed E-state index contributed by atoms with van der Waals surface area (Å²) in [7, 11) is 0. The van der Waals surface area contributed by atoms with Crippen molar-refractivity contribution in [2.75, 3.05) is 5.73 Å². The Morgan fingerprint density at radius 2 is 1.88 bits per heavy atom. The minimum absolute atomic E-state index is 0.606. The van der Waals surface area contributed by atoms with Gasteiger partial charge < -0.3 is 5.73 Å². The van der Waals surface area contributed by atoms with E-state index in [0.29, 0.717) is 5.82 Å². The molecule has 16 heavy (non-hydrogen) atoms. The van der Waals surface area contributed by atoms with Crippen LogP contribution < -0.4 is 5.73 Å². The number of aromatic nitrogens is 1. The van der Waals surface area contributed by atoms with E-state index < -0.39 is 0 Å². The molecule has 88 valence electrons. The molecule has 2 N–H and O–H groups in total. The normalized spacial score (nSPS) is 30.2. The van der Waals surface area contributed by atoms with Crippen LogP contribution in [0.4, 0.5) is 5.82 Å². The van der Waals surface area contributed by atoms with E-state index in [1.807, 2.05) is 24.0 Å². The van der Waals surface area contributed by atoms with Crippen molar-refractivity contribution in [2.45, 2.75) is 43.3 Å². The van der Waals surface area contributed by atoms with E-state index in [-0.39, 0.29) is 0 Å². The molecule has 1 heterocycles. The maximum atomic E-state index is 5.58. The van der Waals surface area contributed by atoms with E-state index in [0.717, 1.165) is 17.1 Å².